The molecule has 1 saturated heterocycles. The average Bonchev–Trinajstić information content (AvgIpc) is 3.08. The van der Waals surface area contributed by atoms with E-state index in [0.29, 0.717) is 18.5 Å². The first-order chi connectivity index (χ1) is 22.2. The smallest absolute Gasteiger partial charge is 0.243 e. The van der Waals surface area contributed by atoms with Gasteiger partial charge in [-0.05, 0) is 72.9 Å². The molecule has 9 heteroatoms. The second kappa shape index (κ2) is 15.2. The summed E-state index contributed by atoms with van der Waals surface area (Å²) in [7, 11) is -3.83. The number of piperidine rings is 1. The molecule has 5 rings (SSSR count). The van der Waals surface area contributed by atoms with E-state index in [-0.39, 0.29) is 36.0 Å². The van der Waals surface area contributed by atoms with Crippen molar-refractivity contribution in [3.05, 3.63) is 131 Å². The minimum atomic E-state index is -3.83. The number of rotatable bonds is 13. The molecule has 4 aromatic carbocycles. The van der Waals surface area contributed by atoms with Crippen LogP contribution in [-0.4, -0.2) is 48.7 Å². The molecule has 1 atom stereocenters. The zero-order chi connectivity index (χ0) is 32.5. The molecule has 4 aromatic rings. The second-order valence-corrected chi connectivity index (χ2v) is 13.9. The number of anilines is 1. The van der Waals surface area contributed by atoms with Gasteiger partial charge < -0.3 is 10.6 Å². The van der Waals surface area contributed by atoms with Gasteiger partial charge in [0.05, 0.1) is 16.5 Å². The number of carbonyl (C=O) groups is 1. The fourth-order valence-electron chi connectivity index (χ4n) is 6.18. The molecular weight excluding hydrogens is 595 g/mol. The quantitative estimate of drug-likeness (QED) is 0.202. The maximum atomic E-state index is 14.1. The molecule has 46 heavy (non-hydrogen) atoms. The molecule has 0 radical (unpaired) electrons. The Labute approximate surface area is 272 Å². The molecular formula is C37H41N5O3S. The SMILES string of the molecule is CC(CC(N)=O)N1CCC(N(Cc2cccc(C#N)c2)c2ccc(S(=O)(=O)N(Cc3ccccc3)Cc3ccccc3)cc2)CC1. The van der Waals surface area contributed by atoms with E-state index in [9.17, 15) is 18.5 Å². The van der Waals surface area contributed by atoms with E-state index < -0.39 is 10.0 Å². The van der Waals surface area contributed by atoms with E-state index in [4.69, 9.17) is 5.73 Å². The Morgan fingerprint density at radius 1 is 0.848 bits per heavy atom. The predicted octanol–water partition coefficient (Wildman–Crippen LogP) is 5.68. The van der Waals surface area contributed by atoms with Crippen molar-refractivity contribution in [3.8, 4) is 6.07 Å². The van der Waals surface area contributed by atoms with Gasteiger partial charge in [0.25, 0.3) is 0 Å². The summed E-state index contributed by atoms with van der Waals surface area (Å²) < 4.78 is 29.7. The largest absolute Gasteiger partial charge is 0.370 e. The molecule has 1 aliphatic rings. The number of primary amides is 1. The number of nitrogens with zero attached hydrogens (tertiary/aromatic N) is 4. The first kappa shape index (κ1) is 32.9. The summed E-state index contributed by atoms with van der Waals surface area (Å²) >= 11 is 0. The van der Waals surface area contributed by atoms with E-state index in [0.717, 1.165) is 48.3 Å². The summed E-state index contributed by atoms with van der Waals surface area (Å²) in [5.41, 5.74) is 9.82. The standard InChI is InChI=1S/C37H41N5O3S/c1-29(23-37(39)43)40-21-19-35(20-22-40)42(28-33-14-8-13-32(24-33)25-38)34-15-17-36(18-16-34)46(44,45)41(26-30-9-4-2-5-10-30)27-31-11-6-3-7-12-31/h2-18,24,29,35H,19-23,26-28H2,1H3,(H2,39,43). The van der Waals surface area contributed by atoms with Gasteiger partial charge in [-0.15, -0.1) is 0 Å². The van der Waals surface area contributed by atoms with E-state index in [1.54, 1.807) is 18.2 Å². The Morgan fingerprint density at radius 2 is 1.41 bits per heavy atom. The van der Waals surface area contributed by atoms with Gasteiger partial charge in [-0.2, -0.15) is 9.57 Å². The zero-order valence-electron chi connectivity index (χ0n) is 26.2. The number of sulfonamides is 1. The molecule has 1 aliphatic heterocycles. The summed E-state index contributed by atoms with van der Waals surface area (Å²) in [6, 6.07) is 36.6. The maximum absolute atomic E-state index is 14.1. The third kappa shape index (κ3) is 8.40. The summed E-state index contributed by atoms with van der Waals surface area (Å²) in [6.45, 7) is 4.79. The van der Waals surface area contributed by atoms with Crippen LogP contribution in [0.5, 0.6) is 0 Å². The molecule has 0 aliphatic carbocycles. The van der Waals surface area contributed by atoms with Crippen LogP contribution in [0.25, 0.3) is 0 Å². The lowest BCUT2D eigenvalue weighted by Crippen LogP contribution is -2.48. The third-order valence-corrected chi connectivity index (χ3v) is 10.5. The third-order valence-electron chi connectivity index (χ3n) is 8.68. The highest BCUT2D eigenvalue weighted by Gasteiger charge is 2.29. The van der Waals surface area contributed by atoms with Crippen LogP contribution in [-0.2, 0) is 34.5 Å². The van der Waals surface area contributed by atoms with Crippen molar-refractivity contribution in [1.29, 1.82) is 5.26 Å². The normalized spacial score (nSPS) is 14.9. The minimum absolute atomic E-state index is 0.0819. The number of nitriles is 1. The van der Waals surface area contributed by atoms with Crippen LogP contribution < -0.4 is 10.6 Å². The number of likely N-dealkylation sites (tertiary alicyclic amines) is 1. The topological polar surface area (TPSA) is 111 Å². The predicted molar refractivity (Wildman–Crippen MR) is 181 cm³/mol. The van der Waals surface area contributed by atoms with E-state index in [1.807, 2.05) is 97.9 Å². The molecule has 238 valence electrons. The van der Waals surface area contributed by atoms with Gasteiger partial charge in [-0.3, -0.25) is 9.69 Å². The van der Waals surface area contributed by atoms with Gasteiger partial charge in [-0.25, -0.2) is 8.42 Å². The van der Waals surface area contributed by atoms with Crippen LogP contribution >= 0.6 is 0 Å². The lowest BCUT2D eigenvalue weighted by Gasteiger charge is -2.41. The number of nitrogens with two attached hydrogens (primary N) is 1. The molecule has 0 bridgehead atoms. The van der Waals surface area contributed by atoms with Gasteiger partial charge in [0.1, 0.15) is 0 Å². The fourth-order valence-corrected chi connectivity index (χ4v) is 7.60. The molecule has 1 unspecified atom stereocenters. The van der Waals surface area contributed by atoms with Gasteiger partial charge in [-0.1, -0.05) is 72.8 Å². The van der Waals surface area contributed by atoms with Gasteiger partial charge in [0, 0.05) is 56.9 Å². The summed E-state index contributed by atoms with van der Waals surface area (Å²) in [5, 5.41) is 9.48. The zero-order valence-corrected chi connectivity index (χ0v) is 27.0. The molecule has 2 N–H and O–H groups in total. The number of hydrogen-bond donors (Lipinski definition) is 1. The molecule has 1 heterocycles. The number of hydrogen-bond acceptors (Lipinski definition) is 6. The maximum Gasteiger partial charge on any atom is 0.243 e. The van der Waals surface area contributed by atoms with Crippen molar-refractivity contribution in [3.63, 3.8) is 0 Å². The van der Waals surface area contributed by atoms with Crippen LogP contribution in [0.1, 0.15) is 48.4 Å². The van der Waals surface area contributed by atoms with Gasteiger partial charge >= 0.3 is 0 Å². The molecule has 0 aromatic heterocycles. The molecule has 0 saturated carbocycles. The average molecular weight is 636 g/mol. The molecule has 0 spiro atoms. The van der Waals surface area contributed by atoms with E-state index in [2.05, 4.69) is 15.9 Å². The van der Waals surface area contributed by atoms with E-state index in [1.165, 1.54) is 4.31 Å². The van der Waals surface area contributed by atoms with Crippen LogP contribution in [0.3, 0.4) is 0 Å². The summed E-state index contributed by atoms with van der Waals surface area (Å²) in [4.78, 5) is 16.4. The van der Waals surface area contributed by atoms with Crippen molar-refractivity contribution in [2.75, 3.05) is 18.0 Å². The van der Waals surface area contributed by atoms with Crippen LogP contribution in [0, 0.1) is 11.3 Å². The van der Waals surface area contributed by atoms with E-state index >= 15 is 0 Å². The Balaban J connectivity index is 1.41. The monoisotopic (exact) mass is 635 g/mol. The summed E-state index contributed by atoms with van der Waals surface area (Å²) in [6.07, 6.45) is 2.09. The lowest BCUT2D eigenvalue weighted by molar-refractivity contribution is -0.119. The second-order valence-electron chi connectivity index (χ2n) is 12.0. The Morgan fingerprint density at radius 3 is 1.96 bits per heavy atom. The van der Waals surface area contributed by atoms with Crippen molar-refractivity contribution in [2.45, 2.75) is 62.8 Å². The lowest BCUT2D eigenvalue weighted by atomic mass is 9.99. The summed E-state index contributed by atoms with van der Waals surface area (Å²) in [5.74, 6) is -0.297. The number of carbonyl (C=O) groups excluding carboxylic acids is 1. The van der Waals surface area contributed by atoms with Crippen LogP contribution in [0.15, 0.2) is 114 Å². The number of benzene rings is 4. The van der Waals surface area contributed by atoms with Crippen molar-refractivity contribution >= 4 is 21.6 Å². The van der Waals surface area contributed by atoms with Gasteiger partial charge in [0.15, 0.2) is 0 Å². The molecule has 8 nitrogen and oxygen atoms in total. The highest BCUT2D eigenvalue weighted by molar-refractivity contribution is 7.89. The molecule has 1 fully saturated rings. The first-order valence-corrected chi connectivity index (χ1v) is 17.1. The van der Waals surface area contributed by atoms with Gasteiger partial charge in [0.2, 0.25) is 15.9 Å². The van der Waals surface area contributed by atoms with Crippen molar-refractivity contribution < 1.29 is 13.2 Å². The highest BCUT2D eigenvalue weighted by atomic mass is 32.2. The van der Waals surface area contributed by atoms with Crippen LogP contribution in [0.2, 0.25) is 0 Å². The molecule has 1 amide bonds. The number of amides is 1. The van der Waals surface area contributed by atoms with Crippen LogP contribution in [0.4, 0.5) is 5.69 Å². The fraction of sp³-hybridized carbons (Fsp3) is 0.297. The first-order valence-electron chi connectivity index (χ1n) is 15.7. The highest BCUT2D eigenvalue weighted by Crippen LogP contribution is 2.30. The van der Waals surface area contributed by atoms with Crippen molar-refractivity contribution in [2.24, 2.45) is 5.73 Å². The Hall–Kier alpha value is -4.49. The Bertz CT molecular complexity index is 1690. The Kier molecular flexibility index (Phi) is 10.9. The minimum Gasteiger partial charge on any atom is -0.370 e. The van der Waals surface area contributed by atoms with Crippen molar-refractivity contribution in [1.82, 2.24) is 9.21 Å².